The Morgan fingerprint density at radius 3 is 2.53 bits per heavy atom. The first-order valence-electron chi connectivity index (χ1n) is 11.1. The zero-order valence-corrected chi connectivity index (χ0v) is 22.6. The minimum atomic E-state index is -4.24. The molecule has 0 bridgehead atoms. The van der Waals surface area contributed by atoms with Gasteiger partial charge in [-0.2, -0.15) is 9.41 Å². The fourth-order valence-electron chi connectivity index (χ4n) is 3.25. The molecule has 0 saturated heterocycles. The van der Waals surface area contributed by atoms with Crippen LogP contribution >= 0.6 is 23.2 Å². The van der Waals surface area contributed by atoms with Crippen LogP contribution in [0, 0.1) is 5.82 Å². The van der Waals surface area contributed by atoms with Crippen molar-refractivity contribution in [2.45, 2.75) is 11.4 Å². The smallest absolute Gasteiger partial charge is 0.255 e. The summed E-state index contributed by atoms with van der Waals surface area (Å²) in [6.07, 6.45) is 2.95. The van der Waals surface area contributed by atoms with E-state index in [0.717, 1.165) is 10.4 Å². The Kier molecular flexibility index (Phi) is 10.3. The van der Waals surface area contributed by atoms with Crippen LogP contribution in [0.3, 0.4) is 0 Å². The van der Waals surface area contributed by atoms with Crippen LogP contribution in [-0.4, -0.2) is 45.1 Å². The molecule has 0 atom stereocenters. The number of rotatable bonds is 12. The van der Waals surface area contributed by atoms with Gasteiger partial charge in [-0.1, -0.05) is 41.9 Å². The molecule has 12 heteroatoms. The lowest BCUT2D eigenvalue weighted by Gasteiger charge is -2.22. The van der Waals surface area contributed by atoms with Gasteiger partial charge >= 0.3 is 0 Å². The average molecular weight is 580 g/mol. The van der Waals surface area contributed by atoms with Crippen LogP contribution in [0.2, 0.25) is 10.0 Å². The Morgan fingerprint density at radius 1 is 1.13 bits per heavy atom. The van der Waals surface area contributed by atoms with Crippen LogP contribution in [0.4, 0.5) is 4.39 Å². The molecule has 0 saturated carbocycles. The molecule has 200 valence electrons. The summed E-state index contributed by atoms with van der Waals surface area (Å²) in [4.78, 5) is 12.6. The summed E-state index contributed by atoms with van der Waals surface area (Å²) >= 11 is 12.0. The number of sulfonamides is 1. The van der Waals surface area contributed by atoms with Crippen molar-refractivity contribution in [3.63, 3.8) is 0 Å². The highest BCUT2D eigenvalue weighted by Gasteiger charge is 2.28. The first-order chi connectivity index (χ1) is 18.1. The second-order valence-corrected chi connectivity index (χ2v) is 10.5. The largest absolute Gasteiger partial charge is 0.493 e. The van der Waals surface area contributed by atoms with Gasteiger partial charge in [-0.05, 0) is 60.2 Å². The molecule has 3 rings (SSSR count). The van der Waals surface area contributed by atoms with E-state index in [9.17, 15) is 17.6 Å². The van der Waals surface area contributed by atoms with Crippen LogP contribution in [0.25, 0.3) is 0 Å². The Hall–Kier alpha value is -3.44. The standard InChI is InChI=1S/C26H24Cl2FN3O5S/c1-3-13-37-24-12-7-18(14-25(24)36-2)15-30-31-26(33)17-32(16-21-22(28)5-4-6-23(21)29)38(34,35)20-10-8-19(27)9-11-20/h3-12,14-15H,1,13,16-17H2,2H3,(H,31,33)/b30-15-. The summed E-state index contributed by atoms with van der Waals surface area (Å²) in [7, 11) is -2.76. The monoisotopic (exact) mass is 579 g/mol. The lowest BCUT2D eigenvalue weighted by molar-refractivity contribution is -0.121. The van der Waals surface area contributed by atoms with Gasteiger partial charge in [-0.25, -0.2) is 18.2 Å². The van der Waals surface area contributed by atoms with E-state index in [1.54, 1.807) is 24.3 Å². The van der Waals surface area contributed by atoms with E-state index in [1.807, 2.05) is 0 Å². The zero-order valence-electron chi connectivity index (χ0n) is 20.2. The number of halogens is 3. The maximum atomic E-state index is 14.5. The van der Waals surface area contributed by atoms with Crippen molar-refractivity contribution in [3.05, 3.63) is 100 Å². The van der Waals surface area contributed by atoms with E-state index in [2.05, 4.69) is 17.1 Å². The molecular weight excluding hydrogens is 556 g/mol. The molecule has 0 aliphatic rings. The number of amides is 1. The second kappa shape index (κ2) is 13.4. The average Bonchev–Trinajstić information content (AvgIpc) is 2.89. The number of carbonyl (C=O) groups is 1. The fourth-order valence-corrected chi connectivity index (χ4v) is 4.96. The normalized spacial score (nSPS) is 11.5. The highest BCUT2D eigenvalue weighted by Crippen LogP contribution is 2.28. The quantitative estimate of drug-likeness (QED) is 0.184. The van der Waals surface area contributed by atoms with Crippen molar-refractivity contribution in [1.82, 2.24) is 9.73 Å². The maximum absolute atomic E-state index is 14.5. The second-order valence-electron chi connectivity index (χ2n) is 7.73. The third-order valence-corrected chi connectivity index (χ3v) is 7.53. The van der Waals surface area contributed by atoms with Gasteiger partial charge in [-0.3, -0.25) is 4.79 Å². The lowest BCUT2D eigenvalue weighted by atomic mass is 10.2. The molecule has 0 aromatic heterocycles. The van der Waals surface area contributed by atoms with Gasteiger partial charge in [0.05, 0.1) is 24.8 Å². The molecule has 3 aromatic carbocycles. The molecule has 38 heavy (non-hydrogen) atoms. The lowest BCUT2D eigenvalue weighted by Crippen LogP contribution is -2.39. The number of hydrazone groups is 1. The van der Waals surface area contributed by atoms with Crippen LogP contribution in [-0.2, 0) is 21.4 Å². The van der Waals surface area contributed by atoms with E-state index in [1.165, 1.54) is 49.7 Å². The molecule has 0 fully saturated rings. The molecule has 0 radical (unpaired) electrons. The Balaban J connectivity index is 1.80. The Morgan fingerprint density at radius 2 is 1.87 bits per heavy atom. The van der Waals surface area contributed by atoms with Crippen LogP contribution in [0.5, 0.6) is 11.5 Å². The number of nitrogens with zero attached hydrogens (tertiary/aromatic N) is 2. The zero-order chi connectivity index (χ0) is 27.7. The van der Waals surface area contributed by atoms with Gasteiger partial charge in [0.25, 0.3) is 5.91 Å². The van der Waals surface area contributed by atoms with Crippen molar-refractivity contribution < 1.29 is 27.1 Å². The number of hydrogen-bond acceptors (Lipinski definition) is 6. The number of hydrogen-bond donors (Lipinski definition) is 1. The number of ether oxygens (including phenoxy) is 2. The van der Waals surface area contributed by atoms with Gasteiger partial charge in [0.1, 0.15) is 12.4 Å². The van der Waals surface area contributed by atoms with Crippen molar-refractivity contribution in [2.24, 2.45) is 5.10 Å². The molecule has 1 amide bonds. The van der Waals surface area contributed by atoms with Crippen molar-refractivity contribution in [2.75, 3.05) is 20.3 Å². The van der Waals surface area contributed by atoms with Crippen molar-refractivity contribution in [1.29, 1.82) is 0 Å². The Bertz CT molecular complexity index is 1410. The molecule has 0 unspecified atom stereocenters. The van der Waals surface area contributed by atoms with Crippen molar-refractivity contribution >= 4 is 45.3 Å². The van der Waals surface area contributed by atoms with Gasteiger partial charge in [0.2, 0.25) is 10.0 Å². The summed E-state index contributed by atoms with van der Waals surface area (Å²) in [5, 5.41) is 4.25. The number of nitrogens with one attached hydrogen (secondary N) is 1. The molecule has 3 aromatic rings. The molecule has 0 aliphatic heterocycles. The summed E-state index contributed by atoms with van der Waals surface area (Å²) < 4.78 is 52.8. The maximum Gasteiger partial charge on any atom is 0.255 e. The first-order valence-corrected chi connectivity index (χ1v) is 13.3. The number of carbonyl (C=O) groups excluding carboxylic acids is 1. The molecule has 0 heterocycles. The predicted molar refractivity (Wildman–Crippen MR) is 145 cm³/mol. The van der Waals surface area contributed by atoms with E-state index >= 15 is 0 Å². The Labute approximate surface area is 230 Å². The minimum absolute atomic E-state index is 0.0224. The van der Waals surface area contributed by atoms with E-state index in [0.29, 0.717) is 28.7 Å². The number of benzene rings is 3. The summed E-state index contributed by atoms with van der Waals surface area (Å²) in [6.45, 7) is 2.74. The summed E-state index contributed by atoms with van der Waals surface area (Å²) in [5.41, 5.74) is 2.79. The van der Waals surface area contributed by atoms with E-state index in [4.69, 9.17) is 32.7 Å². The topological polar surface area (TPSA) is 97.3 Å². The van der Waals surface area contributed by atoms with Crippen LogP contribution in [0.15, 0.2) is 83.3 Å². The third-order valence-electron chi connectivity index (χ3n) is 5.11. The summed E-state index contributed by atoms with van der Waals surface area (Å²) in [5.74, 6) is -0.515. The molecule has 1 N–H and O–H groups in total. The van der Waals surface area contributed by atoms with E-state index in [-0.39, 0.29) is 15.5 Å². The SMILES string of the molecule is C=CCOc1ccc(/C=N\NC(=O)CN(Cc2c(F)cccc2Cl)S(=O)(=O)c2ccc(Cl)cc2)cc1OC. The number of methoxy groups -OCH3 is 1. The highest BCUT2D eigenvalue weighted by atomic mass is 35.5. The van der Waals surface area contributed by atoms with Crippen LogP contribution < -0.4 is 14.9 Å². The van der Waals surface area contributed by atoms with Gasteiger partial charge in [0, 0.05) is 22.2 Å². The van der Waals surface area contributed by atoms with Crippen molar-refractivity contribution in [3.8, 4) is 11.5 Å². The minimum Gasteiger partial charge on any atom is -0.493 e. The third kappa shape index (κ3) is 7.55. The van der Waals surface area contributed by atoms with Gasteiger partial charge in [0.15, 0.2) is 11.5 Å². The first kappa shape index (κ1) is 29.1. The van der Waals surface area contributed by atoms with Gasteiger partial charge < -0.3 is 9.47 Å². The fraction of sp³-hybridized carbons (Fsp3) is 0.154. The highest BCUT2D eigenvalue weighted by molar-refractivity contribution is 7.89. The van der Waals surface area contributed by atoms with E-state index < -0.39 is 34.8 Å². The summed E-state index contributed by atoms with van der Waals surface area (Å²) in [6, 6.07) is 14.4. The predicted octanol–water partition coefficient (Wildman–Crippen LogP) is 5.05. The molecule has 8 nitrogen and oxygen atoms in total. The van der Waals surface area contributed by atoms with Gasteiger partial charge in [-0.15, -0.1) is 0 Å². The van der Waals surface area contributed by atoms with Crippen LogP contribution in [0.1, 0.15) is 11.1 Å². The molecular formula is C26H24Cl2FN3O5S. The molecule has 0 aliphatic carbocycles. The molecule has 0 spiro atoms.